The zero-order valence-corrected chi connectivity index (χ0v) is 13.8. The Morgan fingerprint density at radius 2 is 2.17 bits per heavy atom. The van der Waals surface area contributed by atoms with Crippen LogP contribution in [-0.4, -0.2) is 27.2 Å². The molecule has 0 atom stereocenters. The van der Waals surface area contributed by atoms with Crippen LogP contribution in [0.4, 0.5) is 4.39 Å². The zero-order valence-electron chi connectivity index (χ0n) is 12.2. The largest absolute Gasteiger partial charge is 0.338 e. The SMILES string of the molecule is CN(Cc1ccc(F)cc1)C(=O)/C=C/c1c(Cl)nc2sccn12. The number of thiazole rings is 1. The van der Waals surface area contributed by atoms with Crippen molar-refractivity contribution in [1.29, 1.82) is 0 Å². The Labute approximate surface area is 141 Å². The maximum atomic E-state index is 12.9. The van der Waals surface area contributed by atoms with Crippen molar-refractivity contribution in [1.82, 2.24) is 14.3 Å². The lowest BCUT2D eigenvalue weighted by atomic mass is 10.2. The highest BCUT2D eigenvalue weighted by molar-refractivity contribution is 7.15. The molecule has 1 amide bonds. The molecule has 0 aliphatic carbocycles. The Bertz CT molecular complexity index is 869. The molecule has 0 saturated carbocycles. The predicted octanol–water partition coefficient (Wildman–Crippen LogP) is 3.86. The zero-order chi connectivity index (χ0) is 16.4. The van der Waals surface area contributed by atoms with Crippen LogP contribution in [0.15, 0.2) is 41.9 Å². The third-order valence-electron chi connectivity index (χ3n) is 3.35. The Kier molecular flexibility index (Phi) is 4.45. The van der Waals surface area contributed by atoms with Crippen molar-refractivity contribution in [2.75, 3.05) is 7.05 Å². The van der Waals surface area contributed by atoms with E-state index in [2.05, 4.69) is 4.98 Å². The van der Waals surface area contributed by atoms with Crippen LogP contribution in [0.1, 0.15) is 11.3 Å². The number of hydrogen-bond donors (Lipinski definition) is 0. The van der Waals surface area contributed by atoms with Gasteiger partial charge in [-0.1, -0.05) is 23.7 Å². The van der Waals surface area contributed by atoms with Crippen molar-refractivity contribution in [2.24, 2.45) is 0 Å². The number of fused-ring (bicyclic) bond motifs is 1. The number of hydrogen-bond acceptors (Lipinski definition) is 3. The summed E-state index contributed by atoms with van der Waals surface area (Å²) in [6.45, 7) is 0.400. The summed E-state index contributed by atoms with van der Waals surface area (Å²) in [5.74, 6) is -0.464. The average molecular weight is 350 g/mol. The van der Waals surface area contributed by atoms with Gasteiger partial charge < -0.3 is 4.90 Å². The van der Waals surface area contributed by atoms with E-state index in [4.69, 9.17) is 11.6 Å². The van der Waals surface area contributed by atoms with E-state index in [0.29, 0.717) is 17.4 Å². The monoisotopic (exact) mass is 349 g/mol. The number of benzene rings is 1. The first-order valence-electron chi connectivity index (χ1n) is 6.83. The quantitative estimate of drug-likeness (QED) is 0.671. The van der Waals surface area contributed by atoms with Crippen molar-refractivity contribution in [3.63, 3.8) is 0 Å². The summed E-state index contributed by atoms with van der Waals surface area (Å²) < 4.78 is 14.7. The van der Waals surface area contributed by atoms with Gasteiger partial charge in [-0.05, 0) is 23.8 Å². The minimum atomic E-state index is -0.294. The summed E-state index contributed by atoms with van der Waals surface area (Å²) in [4.78, 5) is 18.7. The number of carbonyl (C=O) groups excluding carboxylic acids is 1. The normalized spacial score (nSPS) is 11.4. The van der Waals surface area contributed by atoms with Gasteiger partial charge in [0.05, 0.1) is 5.69 Å². The molecule has 1 aromatic carbocycles. The van der Waals surface area contributed by atoms with Gasteiger partial charge in [-0.3, -0.25) is 9.20 Å². The molecule has 0 radical (unpaired) electrons. The van der Waals surface area contributed by atoms with Crippen LogP contribution in [0, 0.1) is 5.82 Å². The van der Waals surface area contributed by atoms with Crippen LogP contribution >= 0.6 is 22.9 Å². The summed E-state index contributed by atoms with van der Waals surface area (Å²) in [5.41, 5.74) is 1.53. The third kappa shape index (κ3) is 3.43. The van der Waals surface area contributed by atoms with Gasteiger partial charge in [0.2, 0.25) is 5.91 Å². The minimum absolute atomic E-state index is 0.171. The topological polar surface area (TPSA) is 37.6 Å². The fourth-order valence-corrected chi connectivity index (χ4v) is 3.15. The Morgan fingerprint density at radius 3 is 2.91 bits per heavy atom. The van der Waals surface area contributed by atoms with E-state index in [1.54, 1.807) is 30.2 Å². The number of halogens is 2. The second-order valence-electron chi connectivity index (χ2n) is 5.00. The molecular formula is C16H13ClFN3OS. The van der Waals surface area contributed by atoms with E-state index in [0.717, 1.165) is 10.5 Å². The summed E-state index contributed by atoms with van der Waals surface area (Å²) >= 11 is 7.55. The molecule has 118 valence electrons. The first-order chi connectivity index (χ1) is 11.0. The molecule has 0 aliphatic rings. The summed E-state index contributed by atoms with van der Waals surface area (Å²) in [6.07, 6.45) is 4.96. The number of carbonyl (C=O) groups is 1. The van der Waals surface area contributed by atoms with E-state index in [9.17, 15) is 9.18 Å². The molecule has 3 rings (SSSR count). The van der Waals surface area contributed by atoms with Gasteiger partial charge >= 0.3 is 0 Å². The molecule has 0 bridgehead atoms. The molecule has 23 heavy (non-hydrogen) atoms. The number of imidazole rings is 1. The van der Waals surface area contributed by atoms with E-state index < -0.39 is 0 Å². The van der Waals surface area contributed by atoms with E-state index in [-0.39, 0.29) is 11.7 Å². The lowest BCUT2D eigenvalue weighted by Gasteiger charge is -2.15. The maximum absolute atomic E-state index is 12.9. The van der Waals surface area contributed by atoms with Crippen LogP contribution in [-0.2, 0) is 11.3 Å². The third-order valence-corrected chi connectivity index (χ3v) is 4.38. The fraction of sp³-hybridized carbons (Fsp3) is 0.125. The van der Waals surface area contributed by atoms with Gasteiger partial charge in [0.15, 0.2) is 10.1 Å². The summed E-state index contributed by atoms with van der Waals surface area (Å²) in [7, 11) is 1.69. The fourth-order valence-electron chi connectivity index (χ4n) is 2.15. The second-order valence-corrected chi connectivity index (χ2v) is 6.23. The molecule has 0 saturated heterocycles. The molecule has 0 fully saturated rings. The summed E-state index contributed by atoms with van der Waals surface area (Å²) in [6, 6.07) is 6.07. The van der Waals surface area contributed by atoms with Crippen LogP contribution in [0.2, 0.25) is 5.15 Å². The number of nitrogens with zero attached hydrogens (tertiary/aromatic N) is 3. The molecular weight excluding hydrogens is 337 g/mol. The molecule has 0 aliphatic heterocycles. The molecule has 0 unspecified atom stereocenters. The molecule has 7 heteroatoms. The first-order valence-corrected chi connectivity index (χ1v) is 8.09. The van der Waals surface area contributed by atoms with E-state index in [1.165, 1.54) is 29.5 Å². The maximum Gasteiger partial charge on any atom is 0.246 e. The highest BCUT2D eigenvalue weighted by Gasteiger charge is 2.10. The predicted molar refractivity (Wildman–Crippen MR) is 90.0 cm³/mol. The highest BCUT2D eigenvalue weighted by atomic mass is 35.5. The number of amides is 1. The second kappa shape index (κ2) is 6.52. The highest BCUT2D eigenvalue weighted by Crippen LogP contribution is 2.22. The van der Waals surface area contributed by atoms with E-state index in [1.807, 2.05) is 16.0 Å². The van der Waals surface area contributed by atoms with Crippen molar-refractivity contribution >= 4 is 39.9 Å². The van der Waals surface area contributed by atoms with Crippen LogP contribution < -0.4 is 0 Å². The van der Waals surface area contributed by atoms with Crippen LogP contribution in [0.5, 0.6) is 0 Å². The molecule has 4 nitrogen and oxygen atoms in total. The van der Waals surface area contributed by atoms with Crippen molar-refractivity contribution < 1.29 is 9.18 Å². The smallest absolute Gasteiger partial charge is 0.246 e. The van der Waals surface area contributed by atoms with Crippen molar-refractivity contribution in [3.05, 3.63) is 64.1 Å². The standard InChI is InChI=1S/C16H13ClFN3OS/c1-20(10-11-2-4-12(18)5-3-11)14(22)7-6-13-15(17)19-16-21(13)8-9-23-16/h2-9H,10H2,1H3/b7-6+. The minimum Gasteiger partial charge on any atom is -0.338 e. The van der Waals surface area contributed by atoms with Gasteiger partial charge in [0.1, 0.15) is 5.82 Å². The van der Waals surface area contributed by atoms with E-state index >= 15 is 0 Å². The summed E-state index contributed by atoms with van der Waals surface area (Å²) in [5, 5.41) is 2.26. The number of rotatable bonds is 4. The molecule has 2 heterocycles. The Morgan fingerprint density at radius 1 is 1.43 bits per heavy atom. The van der Waals surface area contributed by atoms with Crippen molar-refractivity contribution in [3.8, 4) is 0 Å². The molecule has 0 N–H and O–H groups in total. The molecule has 2 aromatic heterocycles. The van der Waals surface area contributed by atoms with Crippen molar-refractivity contribution in [2.45, 2.75) is 6.54 Å². The lowest BCUT2D eigenvalue weighted by Crippen LogP contribution is -2.24. The van der Waals surface area contributed by atoms with Gasteiger partial charge in [-0.2, -0.15) is 0 Å². The number of likely N-dealkylation sites (N-methyl/N-ethyl adjacent to an activating group) is 1. The number of aromatic nitrogens is 2. The van der Waals surface area contributed by atoms with Gasteiger partial charge in [0.25, 0.3) is 0 Å². The van der Waals surface area contributed by atoms with Gasteiger partial charge in [0, 0.05) is 31.2 Å². The lowest BCUT2D eigenvalue weighted by molar-refractivity contribution is -0.125. The van der Waals surface area contributed by atoms with Crippen LogP contribution in [0.25, 0.3) is 11.0 Å². The van der Waals surface area contributed by atoms with Gasteiger partial charge in [-0.15, -0.1) is 11.3 Å². The average Bonchev–Trinajstić information content (AvgIpc) is 3.08. The first kappa shape index (κ1) is 15.7. The molecule has 0 spiro atoms. The Balaban J connectivity index is 1.71. The van der Waals surface area contributed by atoms with Gasteiger partial charge in [-0.25, -0.2) is 9.37 Å². The van der Waals surface area contributed by atoms with Crippen LogP contribution in [0.3, 0.4) is 0 Å². The molecule has 3 aromatic rings. The Hall–Kier alpha value is -2.18.